The van der Waals surface area contributed by atoms with E-state index >= 15 is 0 Å². The molecule has 0 amide bonds. The molecule has 0 unspecified atom stereocenters. The quantitative estimate of drug-likeness (QED) is 0.644. The lowest BCUT2D eigenvalue weighted by Gasteiger charge is -2.12. The van der Waals surface area contributed by atoms with Gasteiger partial charge in [-0.05, 0) is 29.8 Å². The lowest BCUT2D eigenvalue weighted by atomic mass is 10.0. The van der Waals surface area contributed by atoms with Crippen molar-refractivity contribution in [2.75, 3.05) is 14.2 Å². The fraction of sp³-hybridized carbons (Fsp3) is 0.143. The van der Waals surface area contributed by atoms with Crippen molar-refractivity contribution in [2.24, 2.45) is 0 Å². The van der Waals surface area contributed by atoms with Gasteiger partial charge in [0.05, 0.1) is 31.9 Å². The highest BCUT2D eigenvalue weighted by atomic mass is 19.1. The summed E-state index contributed by atoms with van der Waals surface area (Å²) >= 11 is 0. The third-order valence-corrected chi connectivity index (χ3v) is 4.22. The fourth-order valence-corrected chi connectivity index (χ4v) is 2.94. The number of carbonyl (C=O) groups excluding carboxylic acids is 2. The van der Waals surface area contributed by atoms with Gasteiger partial charge in [-0.2, -0.15) is 0 Å². The maximum Gasteiger partial charge on any atom is 0.339 e. The van der Waals surface area contributed by atoms with Crippen LogP contribution in [0.3, 0.4) is 0 Å². The van der Waals surface area contributed by atoms with Crippen LogP contribution in [0.4, 0.5) is 4.39 Å². The summed E-state index contributed by atoms with van der Waals surface area (Å²) in [5, 5.41) is 0. The van der Waals surface area contributed by atoms with Crippen molar-refractivity contribution in [2.45, 2.75) is 6.42 Å². The average Bonchev–Trinajstić information content (AvgIpc) is 3.07. The van der Waals surface area contributed by atoms with Gasteiger partial charge in [0.15, 0.2) is 0 Å². The van der Waals surface area contributed by atoms with E-state index in [9.17, 15) is 14.0 Å². The summed E-state index contributed by atoms with van der Waals surface area (Å²) in [5.74, 6) is -1.41. The van der Waals surface area contributed by atoms with Crippen LogP contribution in [0.5, 0.6) is 0 Å². The summed E-state index contributed by atoms with van der Waals surface area (Å²) in [4.78, 5) is 24.3. The van der Waals surface area contributed by atoms with E-state index in [1.165, 1.54) is 26.4 Å². The monoisotopic (exact) mass is 367 g/mol. The first kappa shape index (κ1) is 18.4. The molecule has 0 aliphatic heterocycles. The van der Waals surface area contributed by atoms with Gasteiger partial charge in [0, 0.05) is 17.4 Å². The number of hydrogen-bond donors (Lipinski definition) is 0. The molecule has 0 spiro atoms. The summed E-state index contributed by atoms with van der Waals surface area (Å²) < 4.78 is 24.8. The van der Waals surface area contributed by atoms with Crippen LogP contribution in [0.25, 0.3) is 16.9 Å². The van der Waals surface area contributed by atoms with E-state index in [0.29, 0.717) is 16.9 Å². The van der Waals surface area contributed by atoms with E-state index in [-0.39, 0.29) is 17.8 Å². The summed E-state index contributed by atoms with van der Waals surface area (Å²) in [6.45, 7) is 0. The highest BCUT2D eigenvalue weighted by Gasteiger charge is 2.25. The number of halogens is 1. The minimum Gasteiger partial charge on any atom is -0.469 e. The molecule has 0 saturated carbocycles. The molecule has 2 aromatic carbocycles. The molecule has 0 aliphatic carbocycles. The molecular formula is C21H18FNO4. The third-order valence-electron chi connectivity index (χ3n) is 4.22. The van der Waals surface area contributed by atoms with Gasteiger partial charge in [-0.25, -0.2) is 9.18 Å². The molecule has 1 heterocycles. The highest BCUT2D eigenvalue weighted by Crippen LogP contribution is 2.32. The Bertz CT molecular complexity index is 962. The fourth-order valence-electron chi connectivity index (χ4n) is 2.94. The SMILES string of the molecule is COC(=O)Cc1c(C(=O)OC)cn(-c2ccc(F)cc2)c1-c1ccccc1. The molecule has 0 aliphatic rings. The average molecular weight is 367 g/mol. The van der Waals surface area contributed by atoms with Gasteiger partial charge in [-0.15, -0.1) is 0 Å². The molecule has 27 heavy (non-hydrogen) atoms. The Morgan fingerprint density at radius 2 is 1.63 bits per heavy atom. The second-order valence-electron chi connectivity index (χ2n) is 5.83. The summed E-state index contributed by atoms with van der Waals surface area (Å²) in [5.41, 5.74) is 2.84. The summed E-state index contributed by atoms with van der Waals surface area (Å²) in [6.07, 6.45) is 1.50. The Hall–Kier alpha value is -3.41. The smallest absolute Gasteiger partial charge is 0.339 e. The normalized spacial score (nSPS) is 10.5. The zero-order valence-electron chi connectivity index (χ0n) is 14.9. The van der Waals surface area contributed by atoms with Gasteiger partial charge in [-0.3, -0.25) is 4.79 Å². The van der Waals surface area contributed by atoms with Crippen LogP contribution in [-0.4, -0.2) is 30.7 Å². The van der Waals surface area contributed by atoms with E-state index in [1.54, 1.807) is 22.9 Å². The van der Waals surface area contributed by atoms with Crippen LogP contribution in [-0.2, 0) is 20.7 Å². The molecule has 0 fully saturated rings. The number of carbonyl (C=O) groups is 2. The third kappa shape index (κ3) is 3.74. The maximum absolute atomic E-state index is 13.4. The minimum absolute atomic E-state index is 0.0979. The molecule has 3 rings (SSSR count). The van der Waals surface area contributed by atoms with Crippen molar-refractivity contribution in [3.05, 3.63) is 77.7 Å². The van der Waals surface area contributed by atoms with E-state index in [1.807, 2.05) is 30.3 Å². The van der Waals surface area contributed by atoms with E-state index in [0.717, 1.165) is 5.56 Å². The van der Waals surface area contributed by atoms with Crippen molar-refractivity contribution in [3.63, 3.8) is 0 Å². The van der Waals surface area contributed by atoms with E-state index in [2.05, 4.69) is 0 Å². The van der Waals surface area contributed by atoms with Crippen molar-refractivity contribution in [1.82, 2.24) is 4.57 Å². The van der Waals surface area contributed by atoms with Crippen molar-refractivity contribution < 1.29 is 23.5 Å². The molecule has 0 saturated heterocycles. The van der Waals surface area contributed by atoms with Crippen LogP contribution in [0.1, 0.15) is 15.9 Å². The summed E-state index contributed by atoms with van der Waals surface area (Å²) in [7, 11) is 2.57. The first-order valence-electron chi connectivity index (χ1n) is 8.26. The zero-order chi connectivity index (χ0) is 19.4. The lowest BCUT2D eigenvalue weighted by molar-refractivity contribution is -0.139. The lowest BCUT2D eigenvalue weighted by Crippen LogP contribution is -2.10. The van der Waals surface area contributed by atoms with Crippen LogP contribution in [0.15, 0.2) is 60.8 Å². The molecule has 0 bridgehead atoms. The number of ether oxygens (including phenoxy) is 2. The maximum atomic E-state index is 13.4. The van der Waals surface area contributed by atoms with E-state index < -0.39 is 11.9 Å². The number of benzene rings is 2. The van der Waals surface area contributed by atoms with Gasteiger partial charge in [-0.1, -0.05) is 30.3 Å². The number of esters is 2. The standard InChI is InChI=1S/C21H18FNO4/c1-26-19(24)12-17-18(21(25)27-2)13-23(16-10-8-15(22)9-11-16)20(17)14-6-4-3-5-7-14/h3-11,13H,12H2,1-2H3. The molecule has 0 radical (unpaired) electrons. The Balaban J connectivity index is 2.30. The molecular weight excluding hydrogens is 349 g/mol. The Labute approximate surface area is 156 Å². The van der Waals surface area contributed by atoms with Gasteiger partial charge in [0.2, 0.25) is 0 Å². The van der Waals surface area contributed by atoms with Crippen LogP contribution >= 0.6 is 0 Å². The molecule has 6 heteroatoms. The second-order valence-corrected chi connectivity index (χ2v) is 5.83. The first-order valence-corrected chi connectivity index (χ1v) is 8.26. The molecule has 3 aromatic rings. The molecule has 5 nitrogen and oxygen atoms in total. The Morgan fingerprint density at radius 3 is 2.22 bits per heavy atom. The number of nitrogens with zero attached hydrogens (tertiary/aromatic N) is 1. The molecule has 1 aromatic heterocycles. The predicted molar refractivity (Wildman–Crippen MR) is 98.2 cm³/mol. The predicted octanol–water partition coefficient (Wildman–Crippen LogP) is 3.79. The van der Waals surface area contributed by atoms with Crippen LogP contribution < -0.4 is 0 Å². The first-order chi connectivity index (χ1) is 13.0. The number of rotatable bonds is 5. The number of aromatic nitrogens is 1. The molecule has 0 atom stereocenters. The second kappa shape index (κ2) is 7.86. The van der Waals surface area contributed by atoms with E-state index in [4.69, 9.17) is 9.47 Å². The Morgan fingerprint density at radius 1 is 0.963 bits per heavy atom. The van der Waals surface area contributed by atoms with Gasteiger partial charge in [0.1, 0.15) is 5.82 Å². The number of hydrogen-bond acceptors (Lipinski definition) is 4. The van der Waals surface area contributed by atoms with Crippen molar-refractivity contribution in [3.8, 4) is 16.9 Å². The number of methoxy groups -OCH3 is 2. The minimum atomic E-state index is -0.563. The highest BCUT2D eigenvalue weighted by molar-refractivity contribution is 5.96. The molecule has 0 N–H and O–H groups in total. The van der Waals surface area contributed by atoms with Crippen molar-refractivity contribution in [1.29, 1.82) is 0 Å². The van der Waals surface area contributed by atoms with Gasteiger partial charge in [0.25, 0.3) is 0 Å². The van der Waals surface area contributed by atoms with Crippen LogP contribution in [0.2, 0.25) is 0 Å². The van der Waals surface area contributed by atoms with Gasteiger partial charge >= 0.3 is 11.9 Å². The van der Waals surface area contributed by atoms with Crippen LogP contribution in [0, 0.1) is 5.82 Å². The zero-order valence-corrected chi connectivity index (χ0v) is 14.9. The van der Waals surface area contributed by atoms with Crippen molar-refractivity contribution >= 4 is 11.9 Å². The largest absolute Gasteiger partial charge is 0.469 e. The summed E-state index contributed by atoms with van der Waals surface area (Å²) in [6, 6.07) is 15.2. The molecule has 138 valence electrons. The van der Waals surface area contributed by atoms with Gasteiger partial charge < -0.3 is 14.0 Å². The Kier molecular flexibility index (Phi) is 5.35. The topological polar surface area (TPSA) is 57.5 Å².